The number of rotatable bonds is 8. The highest BCUT2D eigenvalue weighted by atomic mass is 32.1. The smallest absolute Gasteiger partial charge is 0.330 e. The van der Waals surface area contributed by atoms with Gasteiger partial charge in [0.15, 0.2) is 0 Å². The highest BCUT2D eigenvalue weighted by Gasteiger charge is 2.02. The van der Waals surface area contributed by atoms with E-state index < -0.39 is 0 Å². The third-order valence-electron chi connectivity index (χ3n) is 2.74. The average molecular weight is 266 g/mol. The third kappa shape index (κ3) is 5.50. The van der Waals surface area contributed by atoms with E-state index in [1.54, 1.807) is 11.3 Å². The van der Waals surface area contributed by atoms with Crippen molar-refractivity contribution in [3.8, 4) is 0 Å². The summed E-state index contributed by atoms with van der Waals surface area (Å²) < 4.78 is 4.87. The molecule has 0 saturated carbocycles. The van der Waals surface area contributed by atoms with Gasteiger partial charge in [0, 0.05) is 11.0 Å². The van der Waals surface area contributed by atoms with Crippen molar-refractivity contribution < 1.29 is 9.53 Å². The van der Waals surface area contributed by atoms with Crippen molar-refractivity contribution in [3.05, 3.63) is 28.0 Å². The Morgan fingerprint density at radius 3 is 2.89 bits per heavy atom. The topological polar surface area (TPSA) is 26.3 Å². The van der Waals surface area contributed by atoms with Crippen LogP contribution in [-0.4, -0.2) is 12.6 Å². The number of carbonyl (C=O) groups excluding carboxylic acids is 1. The summed E-state index contributed by atoms with van der Waals surface area (Å²) in [5.41, 5.74) is 1.34. The molecule has 0 aliphatic rings. The summed E-state index contributed by atoms with van der Waals surface area (Å²) in [7, 11) is 0. The molecular formula is C15H22O2S. The van der Waals surface area contributed by atoms with Gasteiger partial charge in [-0.2, -0.15) is 0 Å². The zero-order chi connectivity index (χ0) is 13.2. The van der Waals surface area contributed by atoms with E-state index in [9.17, 15) is 4.79 Å². The van der Waals surface area contributed by atoms with Crippen LogP contribution in [0.5, 0.6) is 0 Å². The predicted octanol–water partition coefficient (Wildman–Crippen LogP) is 4.45. The molecule has 18 heavy (non-hydrogen) atoms. The van der Waals surface area contributed by atoms with Crippen molar-refractivity contribution in [2.45, 2.75) is 46.0 Å². The van der Waals surface area contributed by atoms with E-state index in [4.69, 9.17) is 4.74 Å². The molecule has 1 heterocycles. The SMILES string of the molecule is CCCCCCc1ccsc1C=CC(=O)OCC. The molecule has 0 saturated heterocycles. The lowest BCUT2D eigenvalue weighted by Crippen LogP contribution is -1.98. The fraction of sp³-hybridized carbons (Fsp3) is 0.533. The molecule has 0 aliphatic heterocycles. The Kier molecular flexibility index (Phi) is 7.42. The van der Waals surface area contributed by atoms with E-state index in [1.807, 2.05) is 13.0 Å². The second-order valence-electron chi connectivity index (χ2n) is 4.21. The van der Waals surface area contributed by atoms with Gasteiger partial charge >= 0.3 is 5.97 Å². The highest BCUT2D eigenvalue weighted by Crippen LogP contribution is 2.21. The maximum atomic E-state index is 11.2. The molecule has 0 atom stereocenters. The summed E-state index contributed by atoms with van der Waals surface area (Å²) in [6.45, 7) is 4.46. The van der Waals surface area contributed by atoms with Crippen LogP contribution in [-0.2, 0) is 16.0 Å². The first kappa shape index (κ1) is 15.0. The maximum Gasteiger partial charge on any atom is 0.330 e. The molecule has 100 valence electrons. The van der Waals surface area contributed by atoms with Crippen LogP contribution < -0.4 is 0 Å². The molecule has 0 fully saturated rings. The molecule has 0 aliphatic carbocycles. The summed E-state index contributed by atoms with van der Waals surface area (Å²) >= 11 is 1.68. The average Bonchev–Trinajstić information content (AvgIpc) is 2.80. The van der Waals surface area contributed by atoms with Crippen molar-refractivity contribution in [2.24, 2.45) is 0 Å². The normalized spacial score (nSPS) is 11.0. The third-order valence-corrected chi connectivity index (χ3v) is 3.66. The lowest BCUT2D eigenvalue weighted by Gasteiger charge is -2.00. The Bertz CT molecular complexity index is 380. The van der Waals surface area contributed by atoms with Gasteiger partial charge in [0.2, 0.25) is 0 Å². The highest BCUT2D eigenvalue weighted by molar-refractivity contribution is 7.11. The lowest BCUT2D eigenvalue weighted by molar-refractivity contribution is -0.137. The lowest BCUT2D eigenvalue weighted by atomic mass is 10.1. The minimum Gasteiger partial charge on any atom is -0.463 e. The van der Waals surface area contributed by atoms with Crippen molar-refractivity contribution in [1.29, 1.82) is 0 Å². The van der Waals surface area contributed by atoms with Crippen molar-refractivity contribution >= 4 is 23.4 Å². The molecule has 1 aromatic rings. The fourth-order valence-electron chi connectivity index (χ4n) is 1.78. The number of ether oxygens (including phenoxy) is 1. The molecule has 1 rings (SSSR count). The number of hydrogen-bond donors (Lipinski definition) is 0. The summed E-state index contributed by atoms with van der Waals surface area (Å²) in [6, 6.07) is 2.15. The fourth-order valence-corrected chi connectivity index (χ4v) is 2.62. The molecule has 0 spiro atoms. The van der Waals surface area contributed by atoms with Crippen LogP contribution in [0.15, 0.2) is 17.5 Å². The van der Waals surface area contributed by atoms with Crippen molar-refractivity contribution in [3.63, 3.8) is 0 Å². The van der Waals surface area contributed by atoms with Crippen LogP contribution in [0.3, 0.4) is 0 Å². The van der Waals surface area contributed by atoms with E-state index in [0.29, 0.717) is 6.61 Å². The van der Waals surface area contributed by atoms with E-state index in [-0.39, 0.29) is 5.97 Å². The van der Waals surface area contributed by atoms with Gasteiger partial charge in [0.05, 0.1) is 6.61 Å². The summed E-state index contributed by atoms with van der Waals surface area (Å²) in [4.78, 5) is 12.4. The van der Waals surface area contributed by atoms with Gasteiger partial charge in [-0.1, -0.05) is 26.2 Å². The van der Waals surface area contributed by atoms with Crippen LogP contribution in [0.2, 0.25) is 0 Å². The van der Waals surface area contributed by atoms with Gasteiger partial charge in [0.25, 0.3) is 0 Å². The van der Waals surface area contributed by atoms with Crippen LogP contribution in [0, 0.1) is 0 Å². The van der Waals surface area contributed by atoms with Crippen LogP contribution in [0.1, 0.15) is 50.0 Å². The quantitative estimate of drug-likeness (QED) is 0.395. The largest absolute Gasteiger partial charge is 0.463 e. The number of thiophene rings is 1. The zero-order valence-corrected chi connectivity index (χ0v) is 12.1. The van der Waals surface area contributed by atoms with E-state index in [0.717, 1.165) is 6.42 Å². The first-order valence-corrected chi connectivity index (χ1v) is 7.57. The molecule has 0 unspecified atom stereocenters. The first-order chi connectivity index (χ1) is 8.77. The molecule has 0 N–H and O–H groups in total. The molecule has 0 bridgehead atoms. The monoisotopic (exact) mass is 266 g/mol. The second-order valence-corrected chi connectivity index (χ2v) is 5.15. The second kappa shape index (κ2) is 8.92. The zero-order valence-electron chi connectivity index (χ0n) is 11.3. The molecule has 2 nitrogen and oxygen atoms in total. The van der Waals surface area contributed by atoms with Gasteiger partial charge < -0.3 is 4.74 Å². The van der Waals surface area contributed by atoms with Gasteiger partial charge in [-0.15, -0.1) is 11.3 Å². The number of hydrogen-bond acceptors (Lipinski definition) is 3. The van der Waals surface area contributed by atoms with Gasteiger partial charge in [-0.3, -0.25) is 0 Å². The summed E-state index contributed by atoms with van der Waals surface area (Å²) in [5.74, 6) is -0.261. The Labute approximate surface area is 114 Å². The standard InChI is InChI=1S/C15H22O2S/c1-3-5-6-7-8-13-11-12-18-14(13)9-10-15(16)17-4-2/h9-12H,3-8H2,1-2H3. The van der Waals surface area contributed by atoms with Gasteiger partial charge in [0.1, 0.15) is 0 Å². The Morgan fingerprint density at radius 1 is 1.33 bits per heavy atom. The molecule has 0 amide bonds. The molecular weight excluding hydrogens is 244 g/mol. The minimum absolute atomic E-state index is 0.261. The van der Waals surface area contributed by atoms with Gasteiger partial charge in [-0.25, -0.2) is 4.79 Å². The number of carbonyl (C=O) groups is 1. The van der Waals surface area contributed by atoms with Crippen LogP contribution in [0.25, 0.3) is 6.08 Å². The van der Waals surface area contributed by atoms with Crippen LogP contribution in [0.4, 0.5) is 0 Å². The van der Waals surface area contributed by atoms with Crippen molar-refractivity contribution in [2.75, 3.05) is 6.61 Å². The van der Waals surface area contributed by atoms with Gasteiger partial charge in [-0.05, 0) is 42.9 Å². The number of unbranched alkanes of at least 4 members (excludes halogenated alkanes) is 3. The maximum absolute atomic E-state index is 11.2. The number of esters is 1. The van der Waals surface area contributed by atoms with Crippen LogP contribution >= 0.6 is 11.3 Å². The predicted molar refractivity (Wildman–Crippen MR) is 77.8 cm³/mol. The number of aryl methyl sites for hydroxylation is 1. The van der Waals surface area contributed by atoms with E-state index in [1.165, 1.54) is 42.2 Å². The molecule has 3 heteroatoms. The Hall–Kier alpha value is -1.09. The first-order valence-electron chi connectivity index (χ1n) is 6.69. The molecule has 0 aromatic carbocycles. The van der Waals surface area contributed by atoms with E-state index >= 15 is 0 Å². The molecule has 0 radical (unpaired) electrons. The minimum atomic E-state index is -0.261. The van der Waals surface area contributed by atoms with Crippen molar-refractivity contribution in [1.82, 2.24) is 0 Å². The molecule has 1 aromatic heterocycles. The Balaban J connectivity index is 2.46. The Morgan fingerprint density at radius 2 is 2.17 bits per heavy atom. The summed E-state index contributed by atoms with van der Waals surface area (Å²) in [5, 5.41) is 2.08. The summed E-state index contributed by atoms with van der Waals surface area (Å²) in [6.07, 6.45) is 9.57. The van der Waals surface area contributed by atoms with E-state index in [2.05, 4.69) is 18.4 Å².